The summed E-state index contributed by atoms with van der Waals surface area (Å²) < 4.78 is 24.5. The first kappa shape index (κ1) is 14.8. The molecule has 0 aromatic heterocycles. The van der Waals surface area contributed by atoms with Crippen LogP contribution >= 0.6 is 0 Å². The van der Waals surface area contributed by atoms with E-state index < -0.39 is 5.60 Å². The van der Waals surface area contributed by atoms with Gasteiger partial charge >= 0.3 is 5.97 Å². The second-order valence-corrected chi connectivity index (χ2v) is 6.43. The molecule has 20 heavy (non-hydrogen) atoms. The third-order valence-corrected chi connectivity index (χ3v) is 3.10. The number of ether oxygens (including phenoxy) is 2. The minimum atomic E-state index is -0.533. The van der Waals surface area contributed by atoms with E-state index in [1.54, 1.807) is 0 Å². The summed E-state index contributed by atoms with van der Waals surface area (Å²) in [6.07, 6.45) is 0.876. The fraction of sp³-hybridized carbons (Fsp3) is 0.562. The maximum atomic E-state index is 13.6. The Balaban J connectivity index is 2.23. The van der Waals surface area contributed by atoms with Crippen LogP contribution in [0.4, 0.5) is 4.39 Å². The molecule has 1 heterocycles. The summed E-state index contributed by atoms with van der Waals surface area (Å²) in [5.41, 5.74) is 1.06. The van der Waals surface area contributed by atoms with Gasteiger partial charge in [0.05, 0.1) is 13.0 Å². The monoisotopic (exact) mass is 280 g/mol. The molecule has 0 saturated heterocycles. The number of carbonyl (C=O) groups excluding carboxylic acids is 1. The summed E-state index contributed by atoms with van der Waals surface area (Å²) in [6.45, 7) is 8.11. The number of rotatable bonds is 2. The highest BCUT2D eigenvalue weighted by molar-refractivity contribution is 5.74. The van der Waals surface area contributed by atoms with Gasteiger partial charge in [0.1, 0.15) is 17.2 Å². The molecule has 4 heteroatoms. The van der Waals surface area contributed by atoms with Gasteiger partial charge in [-0.3, -0.25) is 4.79 Å². The highest BCUT2D eigenvalue weighted by atomic mass is 19.1. The van der Waals surface area contributed by atoms with E-state index in [9.17, 15) is 9.18 Å². The van der Waals surface area contributed by atoms with Gasteiger partial charge in [0.25, 0.3) is 0 Å². The van der Waals surface area contributed by atoms with Crippen LogP contribution < -0.4 is 4.74 Å². The minimum absolute atomic E-state index is 0.0768. The number of hydrogen-bond donors (Lipinski definition) is 0. The third-order valence-electron chi connectivity index (χ3n) is 3.10. The second kappa shape index (κ2) is 5.43. The van der Waals surface area contributed by atoms with E-state index in [0.717, 1.165) is 12.0 Å². The van der Waals surface area contributed by atoms with Crippen LogP contribution in [0.3, 0.4) is 0 Å². The van der Waals surface area contributed by atoms with Crippen molar-refractivity contribution in [1.29, 1.82) is 0 Å². The average Bonchev–Trinajstić information content (AvgIpc) is 2.27. The van der Waals surface area contributed by atoms with Crippen molar-refractivity contribution in [3.8, 4) is 5.75 Å². The summed E-state index contributed by atoms with van der Waals surface area (Å²) in [5.74, 6) is 0.201. The van der Waals surface area contributed by atoms with Crippen molar-refractivity contribution >= 4 is 5.97 Å². The first-order valence-corrected chi connectivity index (χ1v) is 6.90. The lowest BCUT2D eigenvalue weighted by atomic mass is 9.92. The van der Waals surface area contributed by atoms with Crippen molar-refractivity contribution in [1.82, 2.24) is 0 Å². The van der Waals surface area contributed by atoms with Crippen LogP contribution in [0.25, 0.3) is 0 Å². The summed E-state index contributed by atoms with van der Waals surface area (Å²) in [4.78, 5) is 11.9. The quantitative estimate of drug-likeness (QED) is 0.780. The van der Waals surface area contributed by atoms with E-state index in [4.69, 9.17) is 9.47 Å². The first-order chi connectivity index (χ1) is 9.24. The predicted octanol–water partition coefficient (Wildman–Crippen LogP) is 3.28. The van der Waals surface area contributed by atoms with E-state index in [-0.39, 0.29) is 18.2 Å². The van der Waals surface area contributed by atoms with Gasteiger partial charge in [-0.1, -0.05) is 6.92 Å². The topological polar surface area (TPSA) is 35.5 Å². The second-order valence-electron chi connectivity index (χ2n) is 6.43. The molecule has 0 amide bonds. The molecule has 110 valence electrons. The molecule has 1 aromatic rings. The molecule has 2 rings (SSSR count). The van der Waals surface area contributed by atoms with Crippen molar-refractivity contribution in [2.24, 2.45) is 5.92 Å². The lowest BCUT2D eigenvalue weighted by Crippen LogP contribution is -2.26. The SMILES string of the molecule is CC1COc2cc(F)cc(CC(=O)OC(C)(C)C)c2C1. The molecule has 1 aliphatic heterocycles. The molecule has 0 saturated carbocycles. The number of esters is 1. The lowest BCUT2D eigenvalue weighted by Gasteiger charge is -2.25. The van der Waals surface area contributed by atoms with E-state index in [1.807, 2.05) is 20.8 Å². The maximum Gasteiger partial charge on any atom is 0.310 e. The number of halogens is 1. The van der Waals surface area contributed by atoms with E-state index >= 15 is 0 Å². The molecule has 0 bridgehead atoms. The van der Waals surface area contributed by atoms with Crippen molar-refractivity contribution in [3.63, 3.8) is 0 Å². The molecule has 3 nitrogen and oxygen atoms in total. The Bertz CT molecular complexity index is 517. The van der Waals surface area contributed by atoms with E-state index in [0.29, 0.717) is 23.8 Å². The Morgan fingerprint density at radius 3 is 2.80 bits per heavy atom. The normalized spacial score (nSPS) is 18.1. The number of fused-ring (bicyclic) bond motifs is 1. The van der Waals surface area contributed by atoms with Crippen LogP contribution in [0.2, 0.25) is 0 Å². The van der Waals surface area contributed by atoms with Crippen LogP contribution in [0.15, 0.2) is 12.1 Å². The van der Waals surface area contributed by atoms with Gasteiger partial charge in [0, 0.05) is 6.07 Å². The molecular formula is C16H21FO3. The summed E-state index contributed by atoms with van der Waals surface area (Å²) in [5, 5.41) is 0. The Hall–Kier alpha value is -1.58. The zero-order valence-electron chi connectivity index (χ0n) is 12.5. The van der Waals surface area contributed by atoms with Crippen molar-refractivity contribution in [3.05, 3.63) is 29.1 Å². The van der Waals surface area contributed by atoms with Crippen LogP contribution in [0.1, 0.15) is 38.8 Å². The zero-order valence-corrected chi connectivity index (χ0v) is 12.5. The average molecular weight is 280 g/mol. The van der Waals surface area contributed by atoms with Crippen molar-refractivity contribution in [2.45, 2.75) is 46.1 Å². The Morgan fingerprint density at radius 1 is 1.45 bits per heavy atom. The fourth-order valence-corrected chi connectivity index (χ4v) is 2.36. The molecule has 1 unspecified atom stereocenters. The predicted molar refractivity (Wildman–Crippen MR) is 74.3 cm³/mol. The molecular weight excluding hydrogens is 259 g/mol. The molecule has 1 atom stereocenters. The van der Waals surface area contributed by atoms with Crippen molar-refractivity contribution in [2.75, 3.05) is 6.61 Å². The molecule has 0 N–H and O–H groups in total. The van der Waals surface area contributed by atoms with Gasteiger partial charge in [-0.2, -0.15) is 0 Å². The lowest BCUT2D eigenvalue weighted by molar-refractivity contribution is -0.153. The van der Waals surface area contributed by atoms with E-state index in [2.05, 4.69) is 6.92 Å². The number of benzene rings is 1. The number of hydrogen-bond acceptors (Lipinski definition) is 3. The summed E-state index contributed by atoms with van der Waals surface area (Å²) >= 11 is 0. The molecule has 0 fully saturated rings. The van der Waals surface area contributed by atoms with Crippen molar-refractivity contribution < 1.29 is 18.7 Å². The van der Waals surface area contributed by atoms with Crippen LogP contribution in [-0.4, -0.2) is 18.2 Å². The molecule has 0 aliphatic carbocycles. The molecule has 1 aromatic carbocycles. The van der Waals surface area contributed by atoms with Gasteiger partial charge in [0.2, 0.25) is 0 Å². The van der Waals surface area contributed by atoms with Crippen LogP contribution in [-0.2, 0) is 22.4 Å². The van der Waals surface area contributed by atoms with E-state index in [1.165, 1.54) is 12.1 Å². The summed E-state index contributed by atoms with van der Waals surface area (Å²) in [7, 11) is 0. The molecule has 0 spiro atoms. The highest BCUT2D eigenvalue weighted by Crippen LogP contribution is 2.31. The van der Waals surface area contributed by atoms with Gasteiger partial charge in [-0.05, 0) is 50.3 Å². The fourth-order valence-electron chi connectivity index (χ4n) is 2.36. The first-order valence-electron chi connectivity index (χ1n) is 6.90. The smallest absolute Gasteiger partial charge is 0.310 e. The van der Waals surface area contributed by atoms with Gasteiger partial charge in [-0.15, -0.1) is 0 Å². The standard InChI is InChI=1S/C16H21FO3/c1-10-5-13-11(7-15(18)20-16(2,3)4)6-12(17)8-14(13)19-9-10/h6,8,10H,5,7,9H2,1-4H3. The van der Waals surface area contributed by atoms with Crippen LogP contribution in [0, 0.1) is 11.7 Å². The van der Waals surface area contributed by atoms with Crippen LogP contribution in [0.5, 0.6) is 5.75 Å². The third kappa shape index (κ3) is 3.71. The molecule has 1 aliphatic rings. The minimum Gasteiger partial charge on any atom is -0.493 e. The number of carbonyl (C=O) groups is 1. The highest BCUT2D eigenvalue weighted by Gasteiger charge is 2.23. The maximum absolute atomic E-state index is 13.6. The molecule has 0 radical (unpaired) electrons. The Kier molecular flexibility index (Phi) is 4.02. The zero-order chi connectivity index (χ0) is 14.9. The Morgan fingerprint density at radius 2 is 2.15 bits per heavy atom. The van der Waals surface area contributed by atoms with Gasteiger partial charge < -0.3 is 9.47 Å². The van der Waals surface area contributed by atoms with Gasteiger partial charge in [0.15, 0.2) is 0 Å². The largest absolute Gasteiger partial charge is 0.493 e. The Labute approximate surface area is 119 Å². The van der Waals surface area contributed by atoms with Gasteiger partial charge in [-0.25, -0.2) is 4.39 Å². The summed E-state index contributed by atoms with van der Waals surface area (Å²) in [6, 6.07) is 2.80.